The summed E-state index contributed by atoms with van der Waals surface area (Å²) in [5, 5.41) is 4.72. The Bertz CT molecular complexity index is 1100. The van der Waals surface area contributed by atoms with E-state index in [4.69, 9.17) is 9.15 Å². The fourth-order valence-electron chi connectivity index (χ4n) is 3.11. The van der Waals surface area contributed by atoms with Crippen molar-refractivity contribution in [2.24, 2.45) is 0 Å². The molecule has 3 rings (SSSR count). The van der Waals surface area contributed by atoms with Crippen LogP contribution in [0.1, 0.15) is 30.3 Å². The maximum Gasteiger partial charge on any atom is 0.422 e. The van der Waals surface area contributed by atoms with Gasteiger partial charge in [0, 0.05) is 13.1 Å². The number of hydrogen-bond donors (Lipinski definition) is 2. The van der Waals surface area contributed by atoms with Gasteiger partial charge in [0.1, 0.15) is 11.8 Å². The molecule has 2 N–H and O–H groups in total. The van der Waals surface area contributed by atoms with Gasteiger partial charge in [-0.05, 0) is 50.1 Å². The summed E-state index contributed by atoms with van der Waals surface area (Å²) in [7, 11) is -3.90. The smallest absolute Gasteiger partial charge is 0.422 e. The van der Waals surface area contributed by atoms with Crippen molar-refractivity contribution < 1.29 is 40.3 Å². The summed E-state index contributed by atoms with van der Waals surface area (Å²) in [6, 6.07) is 4.95. The van der Waals surface area contributed by atoms with E-state index in [2.05, 4.69) is 10.6 Å². The number of sulfonamides is 1. The topological polar surface area (TPSA) is 118 Å². The number of carbonyl (C=O) groups is 2. The molecular formula is C20H22F3N3O6S. The van der Waals surface area contributed by atoms with E-state index in [9.17, 15) is 31.2 Å². The third kappa shape index (κ3) is 6.26. The molecule has 1 aliphatic rings. The van der Waals surface area contributed by atoms with E-state index >= 15 is 0 Å². The molecule has 1 fully saturated rings. The van der Waals surface area contributed by atoms with Crippen molar-refractivity contribution >= 4 is 27.5 Å². The quantitative estimate of drug-likeness (QED) is 0.589. The Morgan fingerprint density at radius 2 is 1.91 bits per heavy atom. The third-order valence-corrected chi connectivity index (χ3v) is 6.68. The number of rotatable bonds is 8. The van der Waals surface area contributed by atoms with Gasteiger partial charge in [0.05, 0.1) is 16.8 Å². The van der Waals surface area contributed by atoms with Crippen LogP contribution in [0, 0.1) is 0 Å². The summed E-state index contributed by atoms with van der Waals surface area (Å²) in [6.45, 7) is 0.356. The number of halogens is 3. The number of nitrogens with zero attached hydrogens (tertiary/aromatic N) is 1. The van der Waals surface area contributed by atoms with Gasteiger partial charge in [-0.1, -0.05) is 0 Å². The summed E-state index contributed by atoms with van der Waals surface area (Å²) in [4.78, 5) is 24.5. The molecule has 180 valence electrons. The largest absolute Gasteiger partial charge is 0.482 e. The summed E-state index contributed by atoms with van der Waals surface area (Å²) in [6.07, 6.45) is -1.98. The highest BCUT2D eigenvalue weighted by atomic mass is 32.2. The zero-order chi connectivity index (χ0) is 24.2. The lowest BCUT2D eigenvalue weighted by atomic mass is 10.2. The van der Waals surface area contributed by atoms with Crippen molar-refractivity contribution in [2.75, 3.05) is 25.0 Å². The van der Waals surface area contributed by atoms with Gasteiger partial charge in [0.15, 0.2) is 12.4 Å². The molecule has 0 bridgehead atoms. The summed E-state index contributed by atoms with van der Waals surface area (Å²) < 4.78 is 74.6. The molecule has 0 radical (unpaired) electrons. The first-order valence-corrected chi connectivity index (χ1v) is 11.4. The highest BCUT2D eigenvalue weighted by Gasteiger charge is 2.31. The van der Waals surface area contributed by atoms with Crippen molar-refractivity contribution in [1.82, 2.24) is 9.62 Å². The lowest BCUT2D eigenvalue weighted by molar-refractivity contribution is -0.153. The number of furan rings is 1. The van der Waals surface area contributed by atoms with E-state index in [1.165, 1.54) is 29.6 Å². The third-order valence-electron chi connectivity index (χ3n) is 4.79. The molecule has 1 aliphatic heterocycles. The molecule has 2 aromatic rings. The van der Waals surface area contributed by atoms with Crippen LogP contribution in [0.2, 0.25) is 0 Å². The molecule has 0 aliphatic carbocycles. The molecule has 13 heteroatoms. The van der Waals surface area contributed by atoms with Crippen LogP contribution in [0.15, 0.2) is 45.9 Å². The number of amides is 2. The van der Waals surface area contributed by atoms with Crippen LogP contribution in [0.3, 0.4) is 0 Å². The second kappa shape index (κ2) is 9.83. The number of carbonyl (C=O) groups excluding carboxylic acids is 2. The fraction of sp³-hybridized carbons (Fsp3) is 0.400. The summed E-state index contributed by atoms with van der Waals surface area (Å²) >= 11 is 0. The Morgan fingerprint density at radius 1 is 1.21 bits per heavy atom. The van der Waals surface area contributed by atoms with Gasteiger partial charge in [0.25, 0.3) is 5.91 Å². The monoisotopic (exact) mass is 489 g/mol. The van der Waals surface area contributed by atoms with Gasteiger partial charge in [-0.25, -0.2) is 8.42 Å². The number of hydrogen-bond acceptors (Lipinski definition) is 6. The Hall–Kier alpha value is -3.06. The minimum Gasteiger partial charge on any atom is -0.482 e. The fourth-order valence-corrected chi connectivity index (χ4v) is 4.66. The van der Waals surface area contributed by atoms with Crippen molar-refractivity contribution in [3.05, 3.63) is 42.4 Å². The molecule has 9 nitrogen and oxygen atoms in total. The predicted octanol–water partition coefficient (Wildman–Crippen LogP) is 2.76. The minimum absolute atomic E-state index is 0.0393. The molecule has 0 spiro atoms. The summed E-state index contributed by atoms with van der Waals surface area (Å²) in [5.74, 6) is -1.89. The molecule has 2 amide bonds. The molecule has 2 heterocycles. The molecule has 1 aromatic carbocycles. The highest BCUT2D eigenvalue weighted by molar-refractivity contribution is 7.89. The van der Waals surface area contributed by atoms with E-state index < -0.39 is 40.7 Å². The first-order chi connectivity index (χ1) is 15.5. The van der Waals surface area contributed by atoms with Crippen molar-refractivity contribution in [3.63, 3.8) is 0 Å². The number of alkyl halides is 3. The summed E-state index contributed by atoms with van der Waals surface area (Å²) in [5.41, 5.74) is -0.274. The SMILES string of the molecule is C[C@@H](NC(=O)c1ccco1)C(=O)Nc1cc(S(=O)(=O)N2CCCC2)ccc1OCC(F)(F)F. The van der Waals surface area contributed by atoms with Crippen LogP contribution in [-0.2, 0) is 14.8 Å². The Labute approximate surface area is 187 Å². The van der Waals surface area contributed by atoms with Gasteiger partial charge >= 0.3 is 6.18 Å². The van der Waals surface area contributed by atoms with Crippen LogP contribution in [0.4, 0.5) is 18.9 Å². The molecule has 33 heavy (non-hydrogen) atoms. The lowest BCUT2D eigenvalue weighted by Crippen LogP contribution is -2.41. The van der Waals surface area contributed by atoms with Crippen LogP contribution in [-0.4, -0.2) is 56.5 Å². The maximum atomic E-state index is 12.8. The van der Waals surface area contributed by atoms with Gasteiger partial charge in [0.2, 0.25) is 15.9 Å². The Balaban J connectivity index is 1.82. The number of ether oxygens (including phenoxy) is 1. The predicted molar refractivity (Wildman–Crippen MR) is 110 cm³/mol. The first kappa shape index (κ1) is 24.6. The normalized spacial score (nSPS) is 15.8. The second-order valence-corrected chi connectivity index (χ2v) is 9.27. The molecule has 1 aromatic heterocycles. The number of benzene rings is 1. The van der Waals surface area contributed by atoms with E-state index in [0.717, 1.165) is 18.2 Å². The second-order valence-electron chi connectivity index (χ2n) is 7.33. The Kier molecular flexibility index (Phi) is 7.32. The zero-order valence-corrected chi connectivity index (χ0v) is 18.3. The standard InChI is InChI=1S/C20H22F3N3O6S/c1-13(24-19(28)17-5-4-10-31-17)18(27)25-15-11-14(33(29,30)26-8-2-3-9-26)6-7-16(15)32-12-20(21,22)23/h4-7,10-11,13H,2-3,8-9,12H2,1H3,(H,24,28)(H,25,27)/t13-/m1/s1. The molecule has 1 atom stereocenters. The van der Waals surface area contributed by atoms with E-state index in [-0.39, 0.29) is 22.1 Å². The van der Waals surface area contributed by atoms with Crippen LogP contribution in [0.5, 0.6) is 5.75 Å². The van der Waals surface area contributed by atoms with Crippen molar-refractivity contribution in [1.29, 1.82) is 0 Å². The molecule has 0 unspecified atom stereocenters. The van der Waals surface area contributed by atoms with Gasteiger partial charge in [-0.3, -0.25) is 9.59 Å². The molecule has 0 saturated carbocycles. The van der Waals surface area contributed by atoms with Crippen LogP contribution >= 0.6 is 0 Å². The Morgan fingerprint density at radius 3 is 2.52 bits per heavy atom. The maximum absolute atomic E-state index is 12.8. The highest BCUT2D eigenvalue weighted by Crippen LogP contribution is 2.31. The average Bonchev–Trinajstić information content (AvgIpc) is 3.46. The van der Waals surface area contributed by atoms with E-state index in [1.54, 1.807) is 0 Å². The lowest BCUT2D eigenvalue weighted by Gasteiger charge is -2.19. The molecule has 1 saturated heterocycles. The van der Waals surface area contributed by atoms with E-state index in [1.807, 2.05) is 0 Å². The number of anilines is 1. The van der Waals surface area contributed by atoms with Crippen molar-refractivity contribution in [3.8, 4) is 5.75 Å². The van der Waals surface area contributed by atoms with Crippen molar-refractivity contribution in [2.45, 2.75) is 36.9 Å². The average molecular weight is 489 g/mol. The zero-order valence-electron chi connectivity index (χ0n) is 17.5. The minimum atomic E-state index is -4.65. The number of nitrogens with one attached hydrogen (secondary N) is 2. The van der Waals surface area contributed by atoms with Gasteiger partial charge in [-0.15, -0.1) is 0 Å². The first-order valence-electron chi connectivity index (χ1n) is 9.96. The van der Waals surface area contributed by atoms with E-state index in [0.29, 0.717) is 25.9 Å². The van der Waals surface area contributed by atoms with Gasteiger partial charge in [-0.2, -0.15) is 17.5 Å². The molecular weight excluding hydrogens is 467 g/mol. The van der Waals surface area contributed by atoms with Gasteiger partial charge < -0.3 is 19.8 Å². The van der Waals surface area contributed by atoms with Crippen LogP contribution in [0.25, 0.3) is 0 Å². The van der Waals surface area contributed by atoms with Crippen LogP contribution < -0.4 is 15.4 Å².